The second-order valence-corrected chi connectivity index (χ2v) is 4.85. The molecular formula is C13H16FNOS. The molecule has 1 heterocycles. The summed E-state index contributed by atoms with van der Waals surface area (Å²) >= 11 is 4.00. The van der Waals surface area contributed by atoms with Crippen LogP contribution in [0.25, 0.3) is 0 Å². The van der Waals surface area contributed by atoms with Gasteiger partial charge in [-0.3, -0.25) is 4.79 Å². The molecule has 2 rings (SSSR count). The maximum absolute atomic E-state index is 13.1. The molecule has 0 bridgehead atoms. The minimum absolute atomic E-state index is 0.0119. The molecule has 1 fully saturated rings. The van der Waals surface area contributed by atoms with Crippen molar-refractivity contribution in [2.24, 2.45) is 0 Å². The minimum Gasteiger partial charge on any atom is -0.339 e. The summed E-state index contributed by atoms with van der Waals surface area (Å²) in [6, 6.07) is 4.33. The topological polar surface area (TPSA) is 20.3 Å². The highest BCUT2D eigenvalue weighted by atomic mass is 32.1. The number of rotatable bonds is 1. The second-order valence-electron chi connectivity index (χ2n) is 4.37. The largest absolute Gasteiger partial charge is 0.339 e. The predicted octanol–water partition coefficient (Wildman–Crippen LogP) is 3.13. The Bertz CT molecular complexity index is 414. The lowest BCUT2D eigenvalue weighted by Gasteiger charge is -2.20. The van der Waals surface area contributed by atoms with Crippen LogP contribution in [0.4, 0.5) is 4.39 Å². The van der Waals surface area contributed by atoms with Crippen molar-refractivity contribution in [3.63, 3.8) is 0 Å². The monoisotopic (exact) mass is 253 g/mol. The van der Waals surface area contributed by atoms with Gasteiger partial charge in [0, 0.05) is 23.5 Å². The fourth-order valence-corrected chi connectivity index (χ4v) is 2.32. The first-order valence-corrected chi connectivity index (χ1v) is 6.41. The Morgan fingerprint density at radius 2 is 1.82 bits per heavy atom. The maximum atomic E-state index is 13.1. The summed E-state index contributed by atoms with van der Waals surface area (Å²) in [5, 5.41) is 0. The first-order chi connectivity index (χ1) is 8.18. The molecule has 0 N–H and O–H groups in total. The van der Waals surface area contributed by atoms with Crippen molar-refractivity contribution >= 4 is 18.5 Å². The molecule has 0 saturated carbocycles. The standard InChI is InChI=1S/C13H16FNOS/c14-11-6-5-10(9-12(11)17)13(16)15-7-3-1-2-4-8-15/h5-6,9,17H,1-4,7-8H2. The molecule has 0 aliphatic carbocycles. The Balaban J connectivity index is 2.14. The number of benzene rings is 1. The van der Waals surface area contributed by atoms with Gasteiger partial charge in [0.2, 0.25) is 0 Å². The molecule has 0 unspecified atom stereocenters. The van der Waals surface area contributed by atoms with E-state index >= 15 is 0 Å². The number of hydrogen-bond donors (Lipinski definition) is 1. The molecule has 0 radical (unpaired) electrons. The Morgan fingerprint density at radius 1 is 1.18 bits per heavy atom. The van der Waals surface area contributed by atoms with Gasteiger partial charge in [0.05, 0.1) is 0 Å². The number of thiol groups is 1. The van der Waals surface area contributed by atoms with Crippen molar-refractivity contribution in [2.45, 2.75) is 30.6 Å². The molecule has 1 saturated heterocycles. The van der Waals surface area contributed by atoms with Gasteiger partial charge in [-0.1, -0.05) is 12.8 Å². The third-order valence-electron chi connectivity index (χ3n) is 3.09. The van der Waals surface area contributed by atoms with Crippen LogP contribution in [0.5, 0.6) is 0 Å². The third-order valence-corrected chi connectivity index (χ3v) is 3.43. The molecule has 4 heteroatoms. The Morgan fingerprint density at radius 3 is 2.41 bits per heavy atom. The fourth-order valence-electron chi connectivity index (χ4n) is 2.10. The molecule has 92 valence electrons. The minimum atomic E-state index is -0.388. The van der Waals surface area contributed by atoms with Crippen LogP contribution in [0, 0.1) is 5.82 Å². The molecule has 1 aliphatic rings. The maximum Gasteiger partial charge on any atom is 0.253 e. The molecule has 0 atom stereocenters. The van der Waals surface area contributed by atoms with Gasteiger partial charge in [-0.15, -0.1) is 12.6 Å². The number of halogens is 1. The van der Waals surface area contributed by atoms with E-state index in [4.69, 9.17) is 0 Å². The summed E-state index contributed by atoms with van der Waals surface area (Å²) in [5.41, 5.74) is 0.526. The number of carbonyl (C=O) groups excluding carboxylic acids is 1. The number of nitrogens with zero attached hydrogens (tertiary/aromatic N) is 1. The van der Waals surface area contributed by atoms with Crippen LogP contribution in [0.1, 0.15) is 36.0 Å². The fraction of sp³-hybridized carbons (Fsp3) is 0.462. The number of amides is 1. The van der Waals surface area contributed by atoms with Crippen LogP contribution in [0.3, 0.4) is 0 Å². The molecule has 1 aromatic carbocycles. The second kappa shape index (κ2) is 5.54. The SMILES string of the molecule is O=C(c1ccc(F)c(S)c1)N1CCCCCC1. The van der Waals surface area contributed by atoms with Gasteiger partial charge < -0.3 is 4.90 Å². The molecule has 1 aliphatic heterocycles. The number of carbonyl (C=O) groups is 1. The van der Waals surface area contributed by atoms with Crippen molar-refractivity contribution in [3.05, 3.63) is 29.6 Å². The molecule has 2 nitrogen and oxygen atoms in total. The van der Waals surface area contributed by atoms with Crippen molar-refractivity contribution < 1.29 is 9.18 Å². The lowest BCUT2D eigenvalue weighted by atomic mass is 10.2. The van der Waals surface area contributed by atoms with Crippen LogP contribution in [-0.4, -0.2) is 23.9 Å². The van der Waals surface area contributed by atoms with Crippen LogP contribution in [0.2, 0.25) is 0 Å². The van der Waals surface area contributed by atoms with E-state index < -0.39 is 0 Å². The summed E-state index contributed by atoms with van der Waals surface area (Å²) in [7, 11) is 0. The van der Waals surface area contributed by atoms with E-state index in [-0.39, 0.29) is 16.6 Å². The van der Waals surface area contributed by atoms with E-state index in [0.717, 1.165) is 25.9 Å². The van der Waals surface area contributed by atoms with E-state index in [1.54, 1.807) is 0 Å². The molecular weight excluding hydrogens is 237 g/mol. The van der Waals surface area contributed by atoms with E-state index in [0.29, 0.717) is 5.56 Å². The van der Waals surface area contributed by atoms with E-state index in [1.165, 1.54) is 31.0 Å². The van der Waals surface area contributed by atoms with Crippen LogP contribution in [-0.2, 0) is 0 Å². The average Bonchev–Trinajstić information content (AvgIpc) is 2.60. The summed E-state index contributed by atoms with van der Waals surface area (Å²) in [5.74, 6) is -0.400. The Hall–Kier alpha value is -1.03. The van der Waals surface area contributed by atoms with E-state index in [1.807, 2.05) is 4.90 Å². The quantitative estimate of drug-likeness (QED) is 0.762. The van der Waals surface area contributed by atoms with Crippen molar-refractivity contribution in [3.8, 4) is 0 Å². The zero-order chi connectivity index (χ0) is 12.3. The lowest BCUT2D eigenvalue weighted by molar-refractivity contribution is 0.0761. The van der Waals surface area contributed by atoms with Gasteiger partial charge in [-0.2, -0.15) is 0 Å². The predicted molar refractivity (Wildman–Crippen MR) is 68.0 cm³/mol. The average molecular weight is 253 g/mol. The van der Waals surface area contributed by atoms with Crippen molar-refractivity contribution in [1.82, 2.24) is 4.90 Å². The zero-order valence-corrected chi connectivity index (χ0v) is 10.5. The normalized spacial score (nSPS) is 16.7. The van der Waals surface area contributed by atoms with Gasteiger partial charge in [0.25, 0.3) is 5.91 Å². The number of likely N-dealkylation sites (tertiary alicyclic amines) is 1. The zero-order valence-electron chi connectivity index (χ0n) is 9.66. The Kier molecular flexibility index (Phi) is 4.05. The van der Waals surface area contributed by atoms with Gasteiger partial charge in [-0.25, -0.2) is 4.39 Å². The van der Waals surface area contributed by atoms with Gasteiger partial charge in [0.1, 0.15) is 5.82 Å². The highest BCUT2D eigenvalue weighted by molar-refractivity contribution is 7.80. The van der Waals surface area contributed by atoms with Gasteiger partial charge in [-0.05, 0) is 31.0 Å². The van der Waals surface area contributed by atoms with Crippen molar-refractivity contribution in [1.29, 1.82) is 0 Å². The lowest BCUT2D eigenvalue weighted by Crippen LogP contribution is -2.31. The molecule has 0 aromatic heterocycles. The van der Waals surface area contributed by atoms with Crippen LogP contribution in [0.15, 0.2) is 23.1 Å². The molecule has 1 aromatic rings. The first-order valence-electron chi connectivity index (χ1n) is 5.96. The highest BCUT2D eigenvalue weighted by Gasteiger charge is 2.17. The summed E-state index contributed by atoms with van der Waals surface area (Å²) in [4.78, 5) is 14.3. The molecule has 0 spiro atoms. The van der Waals surface area contributed by atoms with Crippen LogP contribution >= 0.6 is 12.6 Å². The first kappa shape index (κ1) is 12.4. The van der Waals surface area contributed by atoms with Gasteiger partial charge >= 0.3 is 0 Å². The smallest absolute Gasteiger partial charge is 0.253 e. The van der Waals surface area contributed by atoms with E-state index in [9.17, 15) is 9.18 Å². The van der Waals surface area contributed by atoms with Crippen molar-refractivity contribution in [2.75, 3.05) is 13.1 Å². The molecule has 17 heavy (non-hydrogen) atoms. The van der Waals surface area contributed by atoms with Gasteiger partial charge in [0.15, 0.2) is 0 Å². The molecule has 1 amide bonds. The summed E-state index contributed by atoms with van der Waals surface area (Å²) < 4.78 is 13.1. The highest BCUT2D eigenvalue weighted by Crippen LogP contribution is 2.17. The Labute approximate surface area is 106 Å². The number of hydrogen-bond acceptors (Lipinski definition) is 2. The third kappa shape index (κ3) is 3.00. The summed E-state index contributed by atoms with van der Waals surface area (Å²) in [6.45, 7) is 1.61. The summed E-state index contributed by atoms with van der Waals surface area (Å²) in [6.07, 6.45) is 4.48. The van der Waals surface area contributed by atoms with E-state index in [2.05, 4.69) is 12.6 Å². The van der Waals surface area contributed by atoms with Crippen LogP contribution < -0.4 is 0 Å².